The molecule has 1 atom stereocenters. The summed E-state index contributed by atoms with van der Waals surface area (Å²) < 4.78 is 21.1. The number of hydrogen-bond acceptors (Lipinski definition) is 6. The smallest absolute Gasteiger partial charge is 0.239 e. The molecule has 0 aliphatic carbocycles. The molecule has 1 amide bonds. The zero-order valence-electron chi connectivity index (χ0n) is 16.5. The van der Waals surface area contributed by atoms with Crippen LogP contribution in [0.15, 0.2) is 47.4 Å². The fourth-order valence-corrected chi connectivity index (χ4v) is 5.10. The molecule has 30 heavy (non-hydrogen) atoms. The van der Waals surface area contributed by atoms with Crippen LogP contribution in [0.2, 0.25) is 0 Å². The number of ether oxygens (including phenoxy) is 1. The highest BCUT2D eigenvalue weighted by atomic mass is 32.2. The largest absolute Gasteiger partial charge is 0.376 e. The van der Waals surface area contributed by atoms with Crippen LogP contribution in [0.3, 0.4) is 0 Å². The van der Waals surface area contributed by atoms with Crippen molar-refractivity contribution in [3.8, 4) is 0 Å². The van der Waals surface area contributed by atoms with E-state index in [4.69, 9.17) is 4.74 Å². The van der Waals surface area contributed by atoms with Gasteiger partial charge in [-0.25, -0.2) is 9.37 Å². The predicted octanol–water partition coefficient (Wildman–Crippen LogP) is 4.94. The molecule has 0 spiro atoms. The Hall–Kier alpha value is -2.29. The lowest BCUT2D eigenvalue weighted by atomic mass is 10.1. The lowest BCUT2D eigenvalue weighted by Crippen LogP contribution is -2.38. The molecule has 2 aromatic carbocycles. The Kier molecular flexibility index (Phi) is 6.46. The van der Waals surface area contributed by atoms with Crippen LogP contribution in [0, 0.1) is 5.82 Å². The average molecular weight is 445 g/mol. The second-order valence-corrected chi connectivity index (χ2v) is 9.12. The van der Waals surface area contributed by atoms with Crippen LogP contribution < -0.4 is 4.90 Å². The highest BCUT2D eigenvalue weighted by Gasteiger charge is 2.26. The first-order chi connectivity index (χ1) is 14.5. The third kappa shape index (κ3) is 4.71. The van der Waals surface area contributed by atoms with Crippen LogP contribution in [-0.4, -0.2) is 41.7 Å². The lowest BCUT2D eigenvalue weighted by molar-refractivity contribution is -0.116. The first-order valence-corrected chi connectivity index (χ1v) is 11.5. The van der Waals surface area contributed by atoms with Gasteiger partial charge < -0.3 is 4.74 Å². The number of fused-ring (bicyclic) bond motifs is 1. The van der Waals surface area contributed by atoms with Gasteiger partial charge in [0.25, 0.3) is 0 Å². The van der Waals surface area contributed by atoms with Gasteiger partial charge >= 0.3 is 0 Å². The van der Waals surface area contributed by atoms with Gasteiger partial charge in [0.1, 0.15) is 5.82 Å². The molecule has 2 heterocycles. The number of carbonyl (C=O) groups is 2. The fourth-order valence-electron chi connectivity index (χ4n) is 3.31. The first-order valence-electron chi connectivity index (χ1n) is 9.72. The molecule has 1 unspecified atom stereocenters. The summed E-state index contributed by atoms with van der Waals surface area (Å²) in [7, 11) is 0. The second kappa shape index (κ2) is 9.24. The molecule has 5 nitrogen and oxygen atoms in total. The van der Waals surface area contributed by atoms with Gasteiger partial charge in [-0.05, 0) is 44.0 Å². The number of amides is 1. The molecule has 0 saturated carbocycles. The Balaban J connectivity index is 1.52. The maximum atomic E-state index is 14.3. The molecule has 1 aliphatic heterocycles. The standard InChI is InChI=1S/C22H21FN2O3S2/c1-14(26)15-8-9-19(17(23)11-15)29-13-21(27)25(12-16-5-4-10-28-16)22-24-18-6-2-3-7-20(18)30-22/h2-3,6-9,11,16H,4-5,10,12-13H2,1H3. The summed E-state index contributed by atoms with van der Waals surface area (Å²) >= 11 is 2.59. The van der Waals surface area contributed by atoms with E-state index >= 15 is 0 Å². The van der Waals surface area contributed by atoms with E-state index in [-0.39, 0.29) is 23.5 Å². The molecule has 0 N–H and O–H groups in total. The van der Waals surface area contributed by atoms with Crippen molar-refractivity contribution in [2.45, 2.75) is 30.8 Å². The van der Waals surface area contributed by atoms with Crippen LogP contribution in [0.1, 0.15) is 30.1 Å². The molecule has 8 heteroatoms. The van der Waals surface area contributed by atoms with Gasteiger partial charge in [-0.2, -0.15) is 0 Å². The molecule has 1 saturated heterocycles. The SMILES string of the molecule is CC(=O)c1ccc(SCC(=O)N(CC2CCCO2)c2nc3ccccc3s2)c(F)c1. The molecule has 1 aliphatic rings. The summed E-state index contributed by atoms with van der Waals surface area (Å²) in [5, 5.41) is 0.629. The zero-order valence-corrected chi connectivity index (χ0v) is 18.1. The van der Waals surface area contributed by atoms with E-state index in [9.17, 15) is 14.0 Å². The average Bonchev–Trinajstić information content (AvgIpc) is 3.40. The molecule has 4 rings (SSSR count). The molecule has 0 bridgehead atoms. The molecule has 156 valence electrons. The van der Waals surface area contributed by atoms with Crippen LogP contribution in [0.25, 0.3) is 10.2 Å². The van der Waals surface area contributed by atoms with Gasteiger partial charge in [-0.3, -0.25) is 14.5 Å². The quantitative estimate of drug-likeness (QED) is 0.382. The summed E-state index contributed by atoms with van der Waals surface area (Å²) in [6.45, 7) is 2.53. The minimum Gasteiger partial charge on any atom is -0.376 e. The number of rotatable bonds is 7. The molecule has 1 fully saturated rings. The predicted molar refractivity (Wildman–Crippen MR) is 118 cm³/mol. The van der Waals surface area contributed by atoms with Gasteiger partial charge in [0, 0.05) is 17.1 Å². The number of thiazole rings is 1. The number of hydrogen-bond donors (Lipinski definition) is 0. The number of halogens is 1. The first kappa shape index (κ1) is 21.0. The van der Waals surface area contributed by atoms with E-state index in [1.165, 1.54) is 24.3 Å². The molecule has 1 aromatic heterocycles. The van der Waals surface area contributed by atoms with Crippen molar-refractivity contribution in [3.63, 3.8) is 0 Å². The van der Waals surface area contributed by atoms with E-state index < -0.39 is 5.82 Å². The number of carbonyl (C=O) groups excluding carboxylic acids is 2. The maximum absolute atomic E-state index is 14.3. The number of ketones is 1. The molecule has 0 radical (unpaired) electrons. The summed E-state index contributed by atoms with van der Waals surface area (Å²) in [6.07, 6.45) is 1.87. The number of anilines is 1. The molecular weight excluding hydrogens is 423 g/mol. The van der Waals surface area contributed by atoms with Crippen LogP contribution in [0.5, 0.6) is 0 Å². The summed E-state index contributed by atoms with van der Waals surface area (Å²) in [5.41, 5.74) is 1.17. The summed E-state index contributed by atoms with van der Waals surface area (Å²) in [6, 6.07) is 12.1. The third-order valence-electron chi connectivity index (χ3n) is 4.91. The van der Waals surface area contributed by atoms with Crippen molar-refractivity contribution >= 4 is 50.1 Å². The van der Waals surface area contributed by atoms with Gasteiger partial charge in [0.2, 0.25) is 5.91 Å². The van der Waals surface area contributed by atoms with Crippen molar-refractivity contribution in [1.82, 2.24) is 4.98 Å². The monoisotopic (exact) mass is 444 g/mol. The van der Waals surface area contributed by atoms with Crippen molar-refractivity contribution < 1.29 is 18.7 Å². The normalized spacial score (nSPS) is 16.1. The van der Waals surface area contributed by atoms with Crippen molar-refractivity contribution in [2.24, 2.45) is 0 Å². The fraction of sp³-hybridized carbons (Fsp3) is 0.318. The number of thioether (sulfide) groups is 1. The third-order valence-corrected chi connectivity index (χ3v) is 7.01. The number of para-hydroxylation sites is 1. The summed E-state index contributed by atoms with van der Waals surface area (Å²) in [5.74, 6) is -0.769. The van der Waals surface area contributed by atoms with Gasteiger partial charge in [0.05, 0.1) is 28.6 Å². The van der Waals surface area contributed by atoms with Crippen LogP contribution in [-0.2, 0) is 9.53 Å². The van der Waals surface area contributed by atoms with E-state index in [2.05, 4.69) is 4.98 Å². The number of aromatic nitrogens is 1. The lowest BCUT2D eigenvalue weighted by Gasteiger charge is -2.23. The highest BCUT2D eigenvalue weighted by Crippen LogP contribution is 2.31. The Morgan fingerprint density at radius 1 is 1.30 bits per heavy atom. The summed E-state index contributed by atoms with van der Waals surface area (Å²) in [4.78, 5) is 31.1. The van der Waals surface area contributed by atoms with Crippen molar-refractivity contribution in [3.05, 3.63) is 53.8 Å². The Labute approximate surface area is 182 Å². The Bertz CT molecular complexity index is 1050. The Morgan fingerprint density at radius 2 is 2.13 bits per heavy atom. The van der Waals surface area contributed by atoms with Crippen molar-refractivity contribution in [2.75, 3.05) is 23.8 Å². The zero-order chi connectivity index (χ0) is 21.1. The van der Waals surface area contributed by atoms with Crippen molar-refractivity contribution in [1.29, 1.82) is 0 Å². The van der Waals surface area contributed by atoms with Gasteiger partial charge in [-0.15, -0.1) is 11.8 Å². The van der Waals surface area contributed by atoms with E-state index in [1.54, 1.807) is 17.0 Å². The molecular formula is C22H21FN2O3S2. The maximum Gasteiger partial charge on any atom is 0.239 e. The minimum atomic E-state index is -0.494. The Morgan fingerprint density at radius 3 is 2.83 bits per heavy atom. The van der Waals surface area contributed by atoms with Gasteiger partial charge in [-0.1, -0.05) is 29.5 Å². The molecule has 3 aromatic rings. The number of Topliss-reactive ketones (excluding diaryl/α,β-unsaturated/α-hetero) is 1. The van der Waals surface area contributed by atoms with E-state index in [1.807, 2.05) is 24.3 Å². The van der Waals surface area contributed by atoms with E-state index in [0.29, 0.717) is 28.7 Å². The number of benzene rings is 2. The topological polar surface area (TPSA) is 59.5 Å². The number of nitrogens with zero attached hydrogens (tertiary/aromatic N) is 2. The van der Waals surface area contributed by atoms with E-state index in [0.717, 1.165) is 34.8 Å². The minimum absolute atomic E-state index is 0.0162. The highest BCUT2D eigenvalue weighted by molar-refractivity contribution is 8.00. The van der Waals surface area contributed by atoms with Crippen LogP contribution in [0.4, 0.5) is 9.52 Å². The second-order valence-electron chi connectivity index (χ2n) is 7.09. The van der Waals surface area contributed by atoms with Gasteiger partial charge in [0.15, 0.2) is 10.9 Å². The van der Waals surface area contributed by atoms with Crippen LogP contribution >= 0.6 is 23.1 Å².